The van der Waals surface area contributed by atoms with Gasteiger partial charge in [-0.2, -0.15) is 0 Å². The lowest BCUT2D eigenvalue weighted by Gasteiger charge is -2.20. The van der Waals surface area contributed by atoms with Crippen LogP contribution in [0, 0.1) is 5.92 Å². The minimum Gasteiger partial charge on any atom is -0.484 e. The van der Waals surface area contributed by atoms with Gasteiger partial charge in [0.1, 0.15) is 5.75 Å². The number of aliphatic hydroxyl groups is 1. The monoisotopic (exact) mass is 280 g/mol. The summed E-state index contributed by atoms with van der Waals surface area (Å²) in [5.74, 6) is 0.565. The Balaban J connectivity index is 2.28. The minimum absolute atomic E-state index is 0.0699. The first-order chi connectivity index (χ1) is 9.56. The summed E-state index contributed by atoms with van der Waals surface area (Å²) in [4.78, 5) is 11.6. The number of nitrogens with two attached hydrogens (primary N) is 1. The molecule has 0 saturated carbocycles. The predicted octanol–water partition coefficient (Wildman–Crippen LogP) is 1.56. The molecule has 5 nitrogen and oxygen atoms in total. The Morgan fingerprint density at radius 1 is 1.30 bits per heavy atom. The average molecular weight is 280 g/mol. The lowest BCUT2D eigenvalue weighted by Crippen LogP contribution is -2.38. The van der Waals surface area contributed by atoms with Crippen LogP contribution in [0.25, 0.3) is 0 Å². The summed E-state index contributed by atoms with van der Waals surface area (Å²) in [6.07, 6.45) is 1.29. The number of benzene rings is 1. The van der Waals surface area contributed by atoms with Gasteiger partial charge in [-0.25, -0.2) is 0 Å². The van der Waals surface area contributed by atoms with Crippen LogP contribution in [0.5, 0.6) is 5.75 Å². The number of anilines is 1. The third-order valence-electron chi connectivity index (χ3n) is 3.35. The molecule has 0 aromatic heterocycles. The van der Waals surface area contributed by atoms with Gasteiger partial charge in [-0.15, -0.1) is 0 Å². The second-order valence-electron chi connectivity index (χ2n) is 4.81. The zero-order valence-electron chi connectivity index (χ0n) is 12.1. The summed E-state index contributed by atoms with van der Waals surface area (Å²) in [6, 6.07) is 6.84. The molecule has 5 heteroatoms. The Morgan fingerprint density at radius 2 is 1.90 bits per heavy atom. The molecule has 1 amide bonds. The third-order valence-corrected chi connectivity index (χ3v) is 3.35. The SMILES string of the molecule is CCC(CC)C(O)CNC(=O)COc1ccc(N)cc1. The molecule has 0 heterocycles. The van der Waals surface area contributed by atoms with Crippen molar-refractivity contribution in [3.8, 4) is 5.75 Å². The number of hydrogen-bond acceptors (Lipinski definition) is 4. The van der Waals surface area contributed by atoms with Gasteiger partial charge in [0, 0.05) is 12.2 Å². The highest BCUT2D eigenvalue weighted by molar-refractivity contribution is 5.77. The molecule has 20 heavy (non-hydrogen) atoms. The van der Waals surface area contributed by atoms with Crippen LogP contribution in [0.3, 0.4) is 0 Å². The van der Waals surface area contributed by atoms with Crippen molar-refractivity contribution in [2.75, 3.05) is 18.9 Å². The highest BCUT2D eigenvalue weighted by atomic mass is 16.5. The zero-order valence-corrected chi connectivity index (χ0v) is 12.1. The lowest BCUT2D eigenvalue weighted by atomic mass is 9.97. The maximum absolute atomic E-state index is 11.6. The van der Waals surface area contributed by atoms with Gasteiger partial charge in [-0.05, 0) is 30.2 Å². The highest BCUT2D eigenvalue weighted by Crippen LogP contribution is 2.13. The number of ether oxygens (including phenoxy) is 1. The second kappa shape index (κ2) is 8.43. The van der Waals surface area contributed by atoms with E-state index >= 15 is 0 Å². The number of hydrogen-bond donors (Lipinski definition) is 3. The van der Waals surface area contributed by atoms with Gasteiger partial charge in [-0.1, -0.05) is 26.7 Å². The molecule has 1 rings (SSSR count). The summed E-state index contributed by atoms with van der Waals surface area (Å²) in [5.41, 5.74) is 6.20. The summed E-state index contributed by atoms with van der Waals surface area (Å²) in [5, 5.41) is 12.6. The number of nitrogens with one attached hydrogen (secondary N) is 1. The van der Waals surface area contributed by atoms with Crippen molar-refractivity contribution in [3.05, 3.63) is 24.3 Å². The van der Waals surface area contributed by atoms with Crippen molar-refractivity contribution in [3.63, 3.8) is 0 Å². The molecule has 0 saturated heterocycles. The number of carbonyl (C=O) groups is 1. The fourth-order valence-electron chi connectivity index (χ4n) is 1.98. The smallest absolute Gasteiger partial charge is 0.258 e. The molecule has 1 aromatic carbocycles. The van der Waals surface area contributed by atoms with E-state index in [0.29, 0.717) is 11.4 Å². The minimum atomic E-state index is -0.509. The van der Waals surface area contributed by atoms with E-state index in [-0.39, 0.29) is 25.0 Å². The molecule has 0 radical (unpaired) electrons. The Hall–Kier alpha value is -1.75. The van der Waals surface area contributed by atoms with Gasteiger partial charge < -0.3 is 20.9 Å². The fraction of sp³-hybridized carbons (Fsp3) is 0.533. The third kappa shape index (κ3) is 5.48. The fourth-order valence-corrected chi connectivity index (χ4v) is 1.98. The topological polar surface area (TPSA) is 84.6 Å². The van der Waals surface area contributed by atoms with Gasteiger partial charge in [0.15, 0.2) is 6.61 Å². The standard InChI is InChI=1S/C15H24N2O3/c1-3-11(4-2)14(18)9-17-15(19)10-20-13-7-5-12(16)6-8-13/h5-8,11,14,18H,3-4,9-10,16H2,1-2H3,(H,17,19). The molecule has 1 unspecified atom stereocenters. The van der Waals surface area contributed by atoms with Crippen LogP contribution < -0.4 is 15.8 Å². The van der Waals surface area contributed by atoms with E-state index in [1.807, 2.05) is 13.8 Å². The van der Waals surface area contributed by atoms with Gasteiger partial charge in [0.2, 0.25) is 0 Å². The first-order valence-electron chi connectivity index (χ1n) is 6.99. The maximum atomic E-state index is 11.6. The van der Waals surface area contributed by atoms with Crippen LogP contribution in [0.4, 0.5) is 5.69 Å². The molecule has 0 aliphatic rings. The lowest BCUT2D eigenvalue weighted by molar-refractivity contribution is -0.123. The first-order valence-corrected chi connectivity index (χ1v) is 6.99. The van der Waals surface area contributed by atoms with E-state index < -0.39 is 6.10 Å². The van der Waals surface area contributed by atoms with Gasteiger partial charge in [0.25, 0.3) is 5.91 Å². The van der Waals surface area contributed by atoms with Crippen LogP contribution >= 0.6 is 0 Å². The van der Waals surface area contributed by atoms with Crippen LogP contribution in [0.15, 0.2) is 24.3 Å². The Kier molecular flexibility index (Phi) is 6.87. The molecule has 0 bridgehead atoms. The van der Waals surface area contributed by atoms with E-state index in [0.717, 1.165) is 12.8 Å². The summed E-state index contributed by atoms with van der Waals surface area (Å²) in [6.45, 7) is 4.25. The van der Waals surface area contributed by atoms with E-state index in [1.165, 1.54) is 0 Å². The van der Waals surface area contributed by atoms with E-state index in [4.69, 9.17) is 10.5 Å². The maximum Gasteiger partial charge on any atom is 0.258 e. The van der Waals surface area contributed by atoms with Gasteiger partial charge in [0.05, 0.1) is 6.10 Å². The van der Waals surface area contributed by atoms with E-state index in [2.05, 4.69) is 5.32 Å². The van der Waals surface area contributed by atoms with Crippen molar-refractivity contribution in [1.29, 1.82) is 0 Å². The molecule has 0 aliphatic carbocycles. The highest BCUT2D eigenvalue weighted by Gasteiger charge is 2.16. The van der Waals surface area contributed by atoms with Gasteiger partial charge >= 0.3 is 0 Å². The van der Waals surface area contributed by atoms with Crippen molar-refractivity contribution in [2.45, 2.75) is 32.8 Å². The molecule has 112 valence electrons. The zero-order chi connectivity index (χ0) is 15.0. The second-order valence-corrected chi connectivity index (χ2v) is 4.81. The van der Waals surface area contributed by atoms with Gasteiger partial charge in [-0.3, -0.25) is 4.79 Å². The van der Waals surface area contributed by atoms with Crippen molar-refractivity contribution in [2.24, 2.45) is 5.92 Å². The predicted molar refractivity (Wildman–Crippen MR) is 79.4 cm³/mol. The summed E-state index contributed by atoms with van der Waals surface area (Å²) >= 11 is 0. The van der Waals surface area contributed by atoms with E-state index in [1.54, 1.807) is 24.3 Å². The van der Waals surface area contributed by atoms with Crippen molar-refractivity contribution >= 4 is 11.6 Å². The number of amides is 1. The normalized spacial score (nSPS) is 12.2. The first kappa shape index (κ1) is 16.3. The molecule has 1 aromatic rings. The largest absolute Gasteiger partial charge is 0.484 e. The van der Waals surface area contributed by atoms with Crippen LogP contribution in [0.1, 0.15) is 26.7 Å². The molecule has 0 fully saturated rings. The quantitative estimate of drug-likeness (QED) is 0.631. The summed E-state index contributed by atoms with van der Waals surface area (Å²) in [7, 11) is 0. The molecule has 4 N–H and O–H groups in total. The van der Waals surface area contributed by atoms with Crippen LogP contribution in [-0.2, 0) is 4.79 Å². The molecular formula is C15H24N2O3. The molecule has 0 aliphatic heterocycles. The number of aliphatic hydroxyl groups excluding tert-OH is 1. The molecule has 1 atom stereocenters. The Morgan fingerprint density at radius 3 is 2.45 bits per heavy atom. The van der Waals surface area contributed by atoms with Crippen LogP contribution in [-0.4, -0.2) is 30.3 Å². The average Bonchev–Trinajstić information content (AvgIpc) is 2.45. The molecular weight excluding hydrogens is 256 g/mol. The Labute approximate surface area is 120 Å². The van der Waals surface area contributed by atoms with Crippen LogP contribution in [0.2, 0.25) is 0 Å². The van der Waals surface area contributed by atoms with Crippen molar-refractivity contribution < 1.29 is 14.6 Å². The van der Waals surface area contributed by atoms with E-state index in [9.17, 15) is 9.90 Å². The Bertz CT molecular complexity index is 402. The van der Waals surface area contributed by atoms with Crippen molar-refractivity contribution in [1.82, 2.24) is 5.32 Å². The number of nitrogen functional groups attached to an aromatic ring is 1. The summed E-state index contributed by atoms with van der Waals surface area (Å²) < 4.78 is 5.32. The number of rotatable bonds is 8. The number of carbonyl (C=O) groups excluding carboxylic acids is 1. The molecule has 0 spiro atoms.